The zero-order valence-electron chi connectivity index (χ0n) is 10.5. The van der Waals surface area contributed by atoms with Crippen molar-refractivity contribution in [3.63, 3.8) is 0 Å². The Kier molecular flexibility index (Phi) is 3.75. The molecule has 0 radical (unpaired) electrons. The second-order valence-electron chi connectivity index (χ2n) is 4.23. The molecule has 0 spiro atoms. The predicted molar refractivity (Wildman–Crippen MR) is 71.0 cm³/mol. The van der Waals surface area contributed by atoms with Crippen LogP contribution in [0.15, 0.2) is 36.5 Å². The van der Waals surface area contributed by atoms with E-state index in [9.17, 15) is 9.18 Å². The summed E-state index contributed by atoms with van der Waals surface area (Å²) in [5.74, 6) is -0.941. The van der Waals surface area contributed by atoms with Gasteiger partial charge in [0.1, 0.15) is 5.82 Å². The Morgan fingerprint density at radius 1 is 1.37 bits per heavy atom. The smallest absolute Gasteiger partial charge is 0.251 e. The largest absolute Gasteiger partial charge is 0.396 e. The van der Waals surface area contributed by atoms with Crippen molar-refractivity contribution < 1.29 is 9.18 Å². The van der Waals surface area contributed by atoms with Crippen LogP contribution in [0.4, 0.5) is 10.1 Å². The minimum Gasteiger partial charge on any atom is -0.396 e. The van der Waals surface area contributed by atoms with E-state index in [-0.39, 0.29) is 17.2 Å². The van der Waals surface area contributed by atoms with E-state index in [1.54, 1.807) is 6.20 Å². The average molecular weight is 259 g/mol. The van der Waals surface area contributed by atoms with Gasteiger partial charge in [-0.25, -0.2) is 4.39 Å². The molecule has 1 heterocycles. The van der Waals surface area contributed by atoms with Crippen LogP contribution in [-0.4, -0.2) is 10.9 Å². The third-order valence-electron chi connectivity index (χ3n) is 2.69. The lowest BCUT2D eigenvalue weighted by Gasteiger charge is -2.06. The van der Waals surface area contributed by atoms with Gasteiger partial charge >= 0.3 is 0 Å². The van der Waals surface area contributed by atoms with Gasteiger partial charge < -0.3 is 11.1 Å². The maximum atomic E-state index is 13.2. The van der Waals surface area contributed by atoms with E-state index in [1.165, 1.54) is 12.1 Å². The van der Waals surface area contributed by atoms with Crippen molar-refractivity contribution in [2.75, 3.05) is 5.73 Å². The highest BCUT2D eigenvalue weighted by atomic mass is 19.1. The maximum Gasteiger partial charge on any atom is 0.251 e. The molecule has 0 saturated heterocycles. The number of benzene rings is 1. The first kappa shape index (κ1) is 13.0. The lowest BCUT2D eigenvalue weighted by atomic mass is 10.2. The number of hydrogen-bond acceptors (Lipinski definition) is 3. The van der Waals surface area contributed by atoms with Crippen molar-refractivity contribution in [2.45, 2.75) is 13.5 Å². The summed E-state index contributed by atoms with van der Waals surface area (Å²) < 4.78 is 13.2. The van der Waals surface area contributed by atoms with Crippen LogP contribution in [0.1, 0.15) is 21.6 Å². The number of nitrogens with one attached hydrogen (secondary N) is 1. The molecule has 0 aliphatic rings. The van der Waals surface area contributed by atoms with Gasteiger partial charge in [-0.05, 0) is 36.8 Å². The number of aryl methyl sites for hydroxylation is 1. The van der Waals surface area contributed by atoms with Crippen molar-refractivity contribution in [1.82, 2.24) is 10.3 Å². The second kappa shape index (κ2) is 5.48. The van der Waals surface area contributed by atoms with E-state index in [4.69, 9.17) is 5.73 Å². The number of nitrogen functional groups attached to an aromatic ring is 1. The molecule has 2 aromatic rings. The molecule has 0 atom stereocenters. The first-order valence-corrected chi connectivity index (χ1v) is 5.81. The van der Waals surface area contributed by atoms with Crippen LogP contribution in [-0.2, 0) is 6.54 Å². The molecular formula is C14H14FN3O. The monoisotopic (exact) mass is 259 g/mol. The number of pyridine rings is 1. The van der Waals surface area contributed by atoms with Gasteiger partial charge in [-0.2, -0.15) is 0 Å². The Hall–Kier alpha value is -2.43. The molecule has 4 nitrogen and oxygen atoms in total. The molecule has 2 rings (SSSR count). The fraction of sp³-hybridized carbons (Fsp3) is 0.143. The number of nitrogens with two attached hydrogens (primary N) is 1. The number of aromatic nitrogens is 1. The molecule has 1 aromatic carbocycles. The Labute approximate surface area is 110 Å². The topological polar surface area (TPSA) is 68.0 Å². The summed E-state index contributed by atoms with van der Waals surface area (Å²) >= 11 is 0. The van der Waals surface area contributed by atoms with Crippen LogP contribution in [0, 0.1) is 12.7 Å². The van der Waals surface area contributed by atoms with E-state index >= 15 is 0 Å². The molecule has 0 unspecified atom stereocenters. The van der Waals surface area contributed by atoms with E-state index in [2.05, 4.69) is 10.3 Å². The van der Waals surface area contributed by atoms with Gasteiger partial charge in [0.2, 0.25) is 0 Å². The first-order chi connectivity index (χ1) is 9.06. The van der Waals surface area contributed by atoms with Gasteiger partial charge in [0.25, 0.3) is 5.91 Å². The molecule has 0 bridgehead atoms. The molecule has 0 fully saturated rings. The van der Waals surface area contributed by atoms with Crippen LogP contribution in [0.3, 0.4) is 0 Å². The molecule has 98 valence electrons. The quantitative estimate of drug-likeness (QED) is 0.829. The van der Waals surface area contributed by atoms with Crippen molar-refractivity contribution in [3.8, 4) is 0 Å². The van der Waals surface area contributed by atoms with Crippen molar-refractivity contribution >= 4 is 11.6 Å². The third-order valence-corrected chi connectivity index (χ3v) is 2.69. The number of hydrogen-bond donors (Lipinski definition) is 2. The summed E-state index contributed by atoms with van der Waals surface area (Å²) in [5, 5.41) is 2.69. The summed E-state index contributed by atoms with van der Waals surface area (Å²) in [6, 6.07) is 7.73. The minimum atomic E-state index is -0.593. The number of halogens is 1. The Bertz CT molecular complexity index is 596. The van der Waals surface area contributed by atoms with Crippen molar-refractivity contribution in [2.24, 2.45) is 0 Å². The summed E-state index contributed by atoms with van der Waals surface area (Å²) in [6.07, 6.45) is 1.69. The van der Waals surface area contributed by atoms with E-state index in [0.29, 0.717) is 6.54 Å². The number of carbonyl (C=O) groups excluding carboxylic acids is 1. The SMILES string of the molecule is Cc1ccc(CNC(=O)c2ccc(N)c(F)c2)cn1. The molecule has 5 heteroatoms. The highest BCUT2D eigenvalue weighted by Gasteiger charge is 2.08. The number of carbonyl (C=O) groups is 1. The van der Waals surface area contributed by atoms with E-state index in [1.807, 2.05) is 19.1 Å². The molecule has 19 heavy (non-hydrogen) atoms. The third kappa shape index (κ3) is 3.28. The predicted octanol–water partition coefficient (Wildman–Crippen LogP) is 2.04. The fourth-order valence-electron chi connectivity index (χ4n) is 1.56. The fourth-order valence-corrected chi connectivity index (χ4v) is 1.56. The highest BCUT2D eigenvalue weighted by Crippen LogP contribution is 2.12. The van der Waals surface area contributed by atoms with Gasteiger partial charge in [-0.1, -0.05) is 6.07 Å². The van der Waals surface area contributed by atoms with E-state index < -0.39 is 5.82 Å². The number of rotatable bonds is 3. The van der Waals surface area contributed by atoms with E-state index in [0.717, 1.165) is 17.3 Å². The Balaban J connectivity index is 2.01. The number of nitrogens with zero attached hydrogens (tertiary/aromatic N) is 1. The van der Waals surface area contributed by atoms with Gasteiger partial charge in [0.05, 0.1) is 5.69 Å². The standard InChI is InChI=1S/C14H14FN3O/c1-9-2-3-10(7-17-9)8-18-14(19)11-4-5-13(16)12(15)6-11/h2-7H,8,16H2,1H3,(H,18,19). The Morgan fingerprint density at radius 3 is 2.79 bits per heavy atom. The summed E-state index contributed by atoms with van der Waals surface area (Å²) in [5.41, 5.74) is 7.42. The normalized spacial score (nSPS) is 10.2. The molecule has 0 saturated carbocycles. The second-order valence-corrected chi connectivity index (χ2v) is 4.23. The lowest BCUT2D eigenvalue weighted by molar-refractivity contribution is 0.0950. The van der Waals surface area contributed by atoms with Crippen molar-refractivity contribution in [1.29, 1.82) is 0 Å². The molecule has 0 aliphatic carbocycles. The number of amides is 1. The first-order valence-electron chi connectivity index (χ1n) is 5.81. The zero-order chi connectivity index (χ0) is 13.8. The lowest BCUT2D eigenvalue weighted by Crippen LogP contribution is -2.23. The van der Waals surface area contributed by atoms with Gasteiger partial charge in [-0.15, -0.1) is 0 Å². The summed E-state index contributed by atoms with van der Waals surface area (Å²) in [7, 11) is 0. The van der Waals surface area contributed by atoms with Crippen LogP contribution in [0.5, 0.6) is 0 Å². The molecular weight excluding hydrogens is 245 g/mol. The molecule has 0 aliphatic heterocycles. The van der Waals surface area contributed by atoms with Crippen LogP contribution in [0.2, 0.25) is 0 Å². The van der Waals surface area contributed by atoms with Crippen LogP contribution < -0.4 is 11.1 Å². The molecule has 1 aromatic heterocycles. The number of anilines is 1. The molecule has 1 amide bonds. The Morgan fingerprint density at radius 2 is 2.16 bits per heavy atom. The average Bonchev–Trinajstić information content (AvgIpc) is 2.41. The maximum absolute atomic E-state index is 13.2. The van der Waals surface area contributed by atoms with Gasteiger partial charge in [0, 0.05) is 24.0 Å². The summed E-state index contributed by atoms with van der Waals surface area (Å²) in [4.78, 5) is 15.9. The summed E-state index contributed by atoms with van der Waals surface area (Å²) in [6.45, 7) is 2.23. The van der Waals surface area contributed by atoms with Crippen LogP contribution >= 0.6 is 0 Å². The zero-order valence-corrected chi connectivity index (χ0v) is 10.5. The van der Waals surface area contributed by atoms with Crippen LogP contribution in [0.25, 0.3) is 0 Å². The minimum absolute atomic E-state index is 0.0271. The van der Waals surface area contributed by atoms with Gasteiger partial charge in [-0.3, -0.25) is 9.78 Å². The van der Waals surface area contributed by atoms with Gasteiger partial charge in [0.15, 0.2) is 0 Å². The highest BCUT2D eigenvalue weighted by molar-refractivity contribution is 5.94. The molecule has 3 N–H and O–H groups in total. The van der Waals surface area contributed by atoms with Crippen molar-refractivity contribution in [3.05, 3.63) is 59.2 Å².